The van der Waals surface area contributed by atoms with Gasteiger partial charge in [0.25, 0.3) is 5.91 Å². The monoisotopic (exact) mass is 435 g/mol. The number of benzene rings is 2. The molecule has 0 saturated heterocycles. The molecule has 1 amide bonds. The quantitative estimate of drug-likeness (QED) is 0.430. The Balaban J connectivity index is 2.04. The summed E-state index contributed by atoms with van der Waals surface area (Å²) in [6.45, 7) is -0.0598. The number of halogens is 1. The van der Waals surface area contributed by atoms with Crippen LogP contribution in [0.2, 0.25) is 0 Å². The van der Waals surface area contributed by atoms with Gasteiger partial charge in [-0.15, -0.1) is 0 Å². The number of nitriles is 1. The zero-order chi connectivity index (χ0) is 17.4. The van der Waals surface area contributed by atoms with E-state index in [0.29, 0.717) is 17.1 Å². The van der Waals surface area contributed by atoms with Crippen LogP contribution in [0.4, 0.5) is 0 Å². The molecule has 0 fully saturated rings. The molecule has 0 bridgehead atoms. The Bertz CT molecular complexity index is 800. The third kappa shape index (κ3) is 4.96. The fourth-order valence-electron chi connectivity index (χ4n) is 1.85. The standard InChI is InChI=1S/C17H14IN3O3/c1-23-16-9-12(5-6-15(16)24-8-7-19)11-20-21-17(22)13-3-2-4-14(18)10-13/h2-6,9-11H,8H2,1H3,(H,21,22)/b20-11-. The lowest BCUT2D eigenvalue weighted by atomic mass is 10.2. The van der Waals surface area contributed by atoms with E-state index in [9.17, 15) is 4.79 Å². The van der Waals surface area contributed by atoms with E-state index in [1.165, 1.54) is 13.3 Å². The molecule has 0 aliphatic heterocycles. The number of amides is 1. The van der Waals surface area contributed by atoms with Gasteiger partial charge in [0.2, 0.25) is 0 Å². The molecule has 6 nitrogen and oxygen atoms in total. The number of ether oxygens (including phenoxy) is 2. The van der Waals surface area contributed by atoms with Gasteiger partial charge >= 0.3 is 0 Å². The molecule has 0 aromatic heterocycles. The third-order valence-electron chi connectivity index (χ3n) is 2.95. The second-order valence-corrected chi connectivity index (χ2v) is 5.81. The van der Waals surface area contributed by atoms with Crippen LogP contribution < -0.4 is 14.9 Å². The summed E-state index contributed by atoms with van der Waals surface area (Å²) < 4.78 is 11.4. The Morgan fingerprint density at radius 1 is 1.33 bits per heavy atom. The Labute approximate surface area is 153 Å². The maximum Gasteiger partial charge on any atom is 0.271 e. The van der Waals surface area contributed by atoms with Crippen molar-refractivity contribution < 1.29 is 14.3 Å². The van der Waals surface area contributed by atoms with E-state index in [1.807, 2.05) is 18.2 Å². The molecule has 24 heavy (non-hydrogen) atoms. The summed E-state index contributed by atoms with van der Waals surface area (Å²) in [6, 6.07) is 14.2. The molecule has 0 saturated carbocycles. The van der Waals surface area contributed by atoms with Gasteiger partial charge in [-0.05, 0) is 64.6 Å². The van der Waals surface area contributed by atoms with Crippen molar-refractivity contribution >= 4 is 34.7 Å². The van der Waals surface area contributed by atoms with Gasteiger partial charge in [0.1, 0.15) is 6.07 Å². The lowest BCUT2D eigenvalue weighted by Crippen LogP contribution is -2.17. The first-order valence-electron chi connectivity index (χ1n) is 6.91. The van der Waals surface area contributed by atoms with Crippen molar-refractivity contribution in [2.75, 3.05) is 13.7 Å². The second-order valence-electron chi connectivity index (χ2n) is 4.57. The van der Waals surface area contributed by atoms with Gasteiger partial charge in [0.15, 0.2) is 18.1 Å². The average molecular weight is 435 g/mol. The van der Waals surface area contributed by atoms with Crippen LogP contribution in [0.15, 0.2) is 47.6 Å². The minimum absolute atomic E-state index is 0.0598. The Hall–Kier alpha value is -2.60. The Kier molecular flexibility index (Phi) is 6.57. The highest BCUT2D eigenvalue weighted by molar-refractivity contribution is 14.1. The summed E-state index contributed by atoms with van der Waals surface area (Å²) in [7, 11) is 1.51. The molecular formula is C17H14IN3O3. The predicted octanol–water partition coefficient (Wildman–Crippen LogP) is 2.97. The summed E-state index contributed by atoms with van der Waals surface area (Å²) in [5, 5.41) is 12.5. The number of nitrogens with one attached hydrogen (secondary N) is 1. The first-order chi connectivity index (χ1) is 11.6. The zero-order valence-electron chi connectivity index (χ0n) is 12.8. The number of hydrogen-bond donors (Lipinski definition) is 1. The highest BCUT2D eigenvalue weighted by Crippen LogP contribution is 2.27. The van der Waals surface area contributed by atoms with Crippen LogP contribution in [0.25, 0.3) is 0 Å². The molecule has 2 rings (SSSR count). The fraction of sp³-hybridized carbons (Fsp3) is 0.118. The number of hydrazone groups is 1. The molecule has 0 aliphatic carbocycles. The molecule has 7 heteroatoms. The van der Waals surface area contributed by atoms with Crippen molar-refractivity contribution in [3.8, 4) is 17.6 Å². The van der Waals surface area contributed by atoms with E-state index in [0.717, 1.165) is 9.13 Å². The van der Waals surface area contributed by atoms with E-state index in [1.54, 1.807) is 30.3 Å². The highest BCUT2D eigenvalue weighted by Gasteiger charge is 2.06. The lowest BCUT2D eigenvalue weighted by Gasteiger charge is -2.08. The minimum Gasteiger partial charge on any atom is -0.493 e. The minimum atomic E-state index is -0.286. The molecule has 0 spiro atoms. The fourth-order valence-corrected chi connectivity index (χ4v) is 2.40. The van der Waals surface area contributed by atoms with E-state index in [-0.39, 0.29) is 12.5 Å². The topological polar surface area (TPSA) is 83.7 Å². The van der Waals surface area contributed by atoms with Crippen LogP contribution in [0.3, 0.4) is 0 Å². The molecule has 2 aromatic carbocycles. The molecule has 2 aromatic rings. The maximum absolute atomic E-state index is 12.0. The number of methoxy groups -OCH3 is 1. The van der Waals surface area contributed by atoms with Gasteiger partial charge in [0.05, 0.1) is 13.3 Å². The van der Waals surface area contributed by atoms with E-state index >= 15 is 0 Å². The van der Waals surface area contributed by atoms with Crippen molar-refractivity contribution in [1.29, 1.82) is 5.26 Å². The molecule has 1 N–H and O–H groups in total. The first-order valence-corrected chi connectivity index (χ1v) is 7.98. The van der Waals surface area contributed by atoms with E-state index in [4.69, 9.17) is 14.7 Å². The van der Waals surface area contributed by atoms with Crippen LogP contribution in [-0.2, 0) is 0 Å². The smallest absolute Gasteiger partial charge is 0.271 e. The summed E-state index contributed by atoms with van der Waals surface area (Å²) in [4.78, 5) is 12.0. The van der Waals surface area contributed by atoms with Crippen LogP contribution in [0.5, 0.6) is 11.5 Å². The van der Waals surface area contributed by atoms with E-state index < -0.39 is 0 Å². The SMILES string of the molecule is COc1cc(/C=N\NC(=O)c2cccc(I)c2)ccc1OCC#N. The van der Waals surface area contributed by atoms with Crippen LogP contribution >= 0.6 is 22.6 Å². The Morgan fingerprint density at radius 3 is 2.88 bits per heavy atom. The number of rotatable bonds is 6. The normalized spacial score (nSPS) is 10.2. The van der Waals surface area contributed by atoms with Gasteiger partial charge in [-0.2, -0.15) is 10.4 Å². The first kappa shape index (κ1) is 17.7. The zero-order valence-corrected chi connectivity index (χ0v) is 15.0. The molecule has 0 aliphatic rings. The van der Waals surface area contributed by atoms with E-state index in [2.05, 4.69) is 33.1 Å². The molecule has 0 atom stereocenters. The number of carbonyl (C=O) groups excluding carboxylic acids is 1. The van der Waals surface area contributed by atoms with Crippen LogP contribution in [-0.4, -0.2) is 25.8 Å². The number of hydrogen-bond acceptors (Lipinski definition) is 5. The van der Waals surface area contributed by atoms with Crippen LogP contribution in [0, 0.1) is 14.9 Å². The Morgan fingerprint density at radius 2 is 2.17 bits per heavy atom. The maximum atomic E-state index is 12.0. The number of nitrogens with zero attached hydrogens (tertiary/aromatic N) is 2. The van der Waals surface area contributed by atoms with Gasteiger partial charge < -0.3 is 9.47 Å². The molecule has 122 valence electrons. The summed E-state index contributed by atoms with van der Waals surface area (Å²) in [5.74, 6) is 0.669. The molecule has 0 heterocycles. The van der Waals surface area contributed by atoms with Crippen molar-refractivity contribution in [3.05, 3.63) is 57.2 Å². The average Bonchev–Trinajstić information content (AvgIpc) is 2.60. The van der Waals surface area contributed by atoms with Crippen molar-refractivity contribution in [2.45, 2.75) is 0 Å². The van der Waals surface area contributed by atoms with Gasteiger partial charge in [-0.3, -0.25) is 4.79 Å². The summed E-state index contributed by atoms with van der Waals surface area (Å²) >= 11 is 2.14. The van der Waals surface area contributed by atoms with Crippen molar-refractivity contribution in [3.63, 3.8) is 0 Å². The van der Waals surface area contributed by atoms with Gasteiger partial charge in [-0.1, -0.05) is 6.07 Å². The van der Waals surface area contributed by atoms with Crippen molar-refractivity contribution in [1.82, 2.24) is 5.43 Å². The molecule has 0 radical (unpaired) electrons. The second kappa shape index (κ2) is 8.88. The summed E-state index contributed by atoms with van der Waals surface area (Å²) in [5.41, 5.74) is 3.73. The predicted molar refractivity (Wildman–Crippen MR) is 98.3 cm³/mol. The largest absolute Gasteiger partial charge is 0.493 e. The molecule has 0 unspecified atom stereocenters. The van der Waals surface area contributed by atoms with Gasteiger partial charge in [-0.25, -0.2) is 5.43 Å². The molecular weight excluding hydrogens is 421 g/mol. The number of carbonyl (C=O) groups is 1. The highest BCUT2D eigenvalue weighted by atomic mass is 127. The lowest BCUT2D eigenvalue weighted by molar-refractivity contribution is 0.0955. The third-order valence-corrected chi connectivity index (χ3v) is 3.62. The summed E-state index contributed by atoms with van der Waals surface area (Å²) in [6.07, 6.45) is 1.50. The van der Waals surface area contributed by atoms with Crippen molar-refractivity contribution in [2.24, 2.45) is 5.10 Å². The van der Waals surface area contributed by atoms with Gasteiger partial charge in [0, 0.05) is 9.13 Å². The van der Waals surface area contributed by atoms with Crippen LogP contribution in [0.1, 0.15) is 15.9 Å².